The first-order chi connectivity index (χ1) is 38.0. The summed E-state index contributed by atoms with van der Waals surface area (Å²) in [6.07, 6.45) is 3.18. The van der Waals surface area contributed by atoms with Crippen LogP contribution in [-0.2, 0) is 49.4 Å². The normalized spacial score (nSPS) is 12.7. The third-order valence-electron chi connectivity index (χ3n) is 12.2. The smallest absolute Gasteiger partial charge is 0.296 e. The molecule has 0 spiro atoms. The highest BCUT2D eigenvalue weighted by Gasteiger charge is 2.37. The van der Waals surface area contributed by atoms with E-state index in [-0.39, 0.29) is 88.4 Å². The van der Waals surface area contributed by atoms with Gasteiger partial charge in [-0.2, -0.15) is 40.2 Å². The first kappa shape index (κ1) is 64.4. The second-order valence-electron chi connectivity index (χ2n) is 19.0. The number of nitrogens with one attached hydrogen (secondary N) is 5. The van der Waals surface area contributed by atoms with Crippen molar-refractivity contribution in [3.63, 3.8) is 0 Å². The van der Waals surface area contributed by atoms with E-state index in [2.05, 4.69) is 48.1 Å². The number of rotatable bonds is 28. The Balaban J connectivity index is 0.00000595. The highest BCUT2D eigenvalue weighted by Crippen LogP contribution is 2.41. The first-order valence-corrected chi connectivity index (χ1v) is 29.9. The summed E-state index contributed by atoms with van der Waals surface area (Å²) in [5.74, 6) is -2.34. The third-order valence-corrected chi connectivity index (χ3v) is 14.9. The maximum atomic E-state index is 13.9. The Bertz CT molecular complexity index is 3490. The van der Waals surface area contributed by atoms with Gasteiger partial charge in [0, 0.05) is 74.4 Å². The number of anilines is 8. The van der Waals surface area contributed by atoms with E-state index in [1.54, 1.807) is 11.8 Å². The lowest BCUT2D eigenvalue weighted by atomic mass is 9.82. The van der Waals surface area contributed by atoms with Gasteiger partial charge in [-0.25, -0.2) is 0 Å². The molecule has 1 aromatic heterocycles. The van der Waals surface area contributed by atoms with E-state index in [0.717, 1.165) is 36.8 Å². The average molecular weight is 1180 g/mol. The standard InChI is InChI=1S/C51H62N10O15S3.C2H6/c1-30(2)61(32(4)62)24-11-18-42(63)53-22-10-13-31(3)75-26-21-51(5,6)76-25-12-23-54-48-58-49(56-33-14-9-15-35(27-33)77(66,67)68)60-50(59-48)57-38-20-19-34(28-40(38)78(69,70)71)55-39-29-41(79(72,73)74)45(52)44-43(39)46(64)36-16-7-8-17-37(36)47(44)65;1-2/h7-9,14-17,19-20,27-29,31,55H,1,10-13,18,21-26,52H2,2-6H3,(H,53,63)(H,66,67,68)(H,69,70,71)(H,72,73,74)(H3,54,56,57,58,59,60);1-2H3. The van der Waals surface area contributed by atoms with Crippen molar-refractivity contribution in [3.8, 4) is 0 Å². The number of nitrogen functional groups attached to an aromatic ring is 1. The van der Waals surface area contributed by atoms with Crippen molar-refractivity contribution < 1.29 is 67.6 Å². The largest absolute Gasteiger partial charge is 0.397 e. The molecule has 0 aliphatic heterocycles. The summed E-state index contributed by atoms with van der Waals surface area (Å²) in [4.78, 5) is 64.0. The summed E-state index contributed by atoms with van der Waals surface area (Å²) in [6.45, 7) is 18.7. The van der Waals surface area contributed by atoms with Crippen molar-refractivity contribution in [2.24, 2.45) is 0 Å². The van der Waals surface area contributed by atoms with Crippen LogP contribution in [0.2, 0.25) is 0 Å². The number of carbonyl (C=O) groups excluding carboxylic acids is 4. The number of hydrogen-bond acceptors (Lipinski definition) is 20. The van der Waals surface area contributed by atoms with Gasteiger partial charge in [-0.3, -0.25) is 32.8 Å². The number of carbonyl (C=O) groups is 4. The van der Waals surface area contributed by atoms with Gasteiger partial charge < -0.3 is 46.7 Å². The van der Waals surface area contributed by atoms with Crippen molar-refractivity contribution in [2.45, 2.75) is 113 Å². The van der Waals surface area contributed by atoms with Crippen LogP contribution in [0.3, 0.4) is 0 Å². The lowest BCUT2D eigenvalue weighted by Crippen LogP contribution is -2.30. The fraction of sp³-hybridized carbons (Fsp3) is 0.377. The third kappa shape index (κ3) is 18.0. The number of nitrogens with zero attached hydrogens (tertiary/aromatic N) is 4. The van der Waals surface area contributed by atoms with Crippen LogP contribution in [0, 0.1) is 0 Å². The predicted molar refractivity (Wildman–Crippen MR) is 304 cm³/mol. The number of benzene rings is 4. The number of allylic oxidation sites excluding steroid dienone is 1. The molecule has 0 radical (unpaired) electrons. The lowest BCUT2D eigenvalue weighted by molar-refractivity contribution is -0.127. The Morgan fingerprint density at radius 3 is 1.95 bits per heavy atom. The van der Waals surface area contributed by atoms with Gasteiger partial charge in [0.1, 0.15) is 9.79 Å². The molecular formula is C53H68N10O15S3. The van der Waals surface area contributed by atoms with Gasteiger partial charge in [0.25, 0.3) is 30.4 Å². The second kappa shape index (κ2) is 27.8. The van der Waals surface area contributed by atoms with E-state index >= 15 is 0 Å². The molecule has 0 saturated heterocycles. The van der Waals surface area contributed by atoms with Crippen LogP contribution >= 0.6 is 0 Å². The van der Waals surface area contributed by atoms with Crippen molar-refractivity contribution >= 4 is 100 Å². The van der Waals surface area contributed by atoms with Crippen molar-refractivity contribution in [3.05, 3.63) is 107 Å². The summed E-state index contributed by atoms with van der Waals surface area (Å²) in [5.41, 5.74) is 3.73. The molecule has 5 aromatic rings. The number of ether oxygens (including phenoxy) is 2. The Kier molecular flexibility index (Phi) is 22.1. The molecule has 1 unspecified atom stereocenters. The minimum atomic E-state index is -5.14. The van der Waals surface area contributed by atoms with Gasteiger partial charge in [-0.15, -0.1) is 0 Å². The zero-order valence-corrected chi connectivity index (χ0v) is 48.3. The van der Waals surface area contributed by atoms with Crippen LogP contribution in [-0.4, -0.2) is 127 Å². The summed E-state index contributed by atoms with van der Waals surface area (Å²) in [6, 6.07) is 14.9. The zero-order valence-electron chi connectivity index (χ0n) is 45.8. The molecule has 1 atom stereocenters. The van der Waals surface area contributed by atoms with Crippen molar-refractivity contribution in [1.82, 2.24) is 25.2 Å². The van der Waals surface area contributed by atoms with E-state index in [1.165, 1.54) is 49.4 Å². The number of ketones is 2. The van der Waals surface area contributed by atoms with Crippen LogP contribution < -0.4 is 32.3 Å². The maximum absolute atomic E-state index is 13.9. The molecule has 28 heteroatoms. The maximum Gasteiger partial charge on any atom is 0.296 e. The Hall–Kier alpha value is -7.44. The zero-order chi connectivity index (χ0) is 60.0. The molecule has 0 saturated carbocycles. The SMILES string of the molecule is C=C(C)N(CCCC(=O)NCCCC(C)OCCC(C)(C)OCCCNc1nc(Nc2cccc(S(=O)(=O)O)c2)nc(Nc2ccc(Nc3cc(S(=O)(=O)O)c(N)c4c3C(=O)c3ccccc3C4=O)cc2S(=O)(=O)O)n1)C(C)=O.CC. The molecule has 438 valence electrons. The number of nitrogens with two attached hydrogens (primary N) is 1. The Labute approximate surface area is 471 Å². The monoisotopic (exact) mass is 1180 g/mol. The van der Waals surface area contributed by atoms with E-state index in [4.69, 9.17) is 15.2 Å². The van der Waals surface area contributed by atoms with Crippen molar-refractivity contribution in [2.75, 3.05) is 59.8 Å². The molecule has 25 nitrogen and oxygen atoms in total. The molecule has 81 heavy (non-hydrogen) atoms. The quantitative estimate of drug-likeness (QED) is 0.0129. The summed E-state index contributed by atoms with van der Waals surface area (Å²) < 4.78 is 117. The fourth-order valence-corrected chi connectivity index (χ4v) is 10.1. The fourth-order valence-electron chi connectivity index (χ4n) is 8.23. The Morgan fingerprint density at radius 1 is 0.716 bits per heavy atom. The predicted octanol–water partition coefficient (Wildman–Crippen LogP) is 7.68. The highest BCUT2D eigenvalue weighted by atomic mass is 32.2. The molecule has 2 amide bonds. The van der Waals surface area contributed by atoms with Gasteiger partial charge in [0.15, 0.2) is 11.6 Å². The molecule has 1 aliphatic rings. The molecule has 0 fully saturated rings. The van der Waals surface area contributed by atoms with Gasteiger partial charge >= 0.3 is 0 Å². The highest BCUT2D eigenvalue weighted by molar-refractivity contribution is 7.86. The molecule has 1 aliphatic carbocycles. The molecular weight excluding hydrogens is 1110 g/mol. The van der Waals surface area contributed by atoms with Gasteiger partial charge in [-0.1, -0.05) is 50.8 Å². The molecule has 1 heterocycles. The summed E-state index contributed by atoms with van der Waals surface area (Å²) in [7, 11) is -14.9. The molecule has 4 aromatic carbocycles. The second-order valence-corrected chi connectivity index (χ2v) is 23.2. The van der Waals surface area contributed by atoms with E-state index in [9.17, 15) is 58.1 Å². The number of amides is 2. The number of aromatic nitrogens is 3. The minimum Gasteiger partial charge on any atom is -0.397 e. The van der Waals surface area contributed by atoms with Crippen LogP contribution in [0.1, 0.15) is 119 Å². The van der Waals surface area contributed by atoms with Gasteiger partial charge in [0.05, 0.1) is 44.8 Å². The summed E-state index contributed by atoms with van der Waals surface area (Å²) in [5, 5.41) is 14.2. The minimum absolute atomic E-state index is 0.0337. The van der Waals surface area contributed by atoms with Gasteiger partial charge in [0.2, 0.25) is 29.7 Å². The van der Waals surface area contributed by atoms with E-state index < -0.39 is 73.5 Å². The average Bonchev–Trinajstić information content (AvgIpc) is 3.57. The lowest BCUT2D eigenvalue weighted by Gasteiger charge is -2.26. The van der Waals surface area contributed by atoms with Crippen LogP contribution in [0.5, 0.6) is 0 Å². The van der Waals surface area contributed by atoms with Crippen LogP contribution in [0.15, 0.2) is 99.8 Å². The summed E-state index contributed by atoms with van der Waals surface area (Å²) >= 11 is 0. The van der Waals surface area contributed by atoms with E-state index in [0.29, 0.717) is 57.5 Å². The van der Waals surface area contributed by atoms with Crippen molar-refractivity contribution in [1.29, 1.82) is 0 Å². The van der Waals surface area contributed by atoms with E-state index in [1.807, 2.05) is 34.6 Å². The molecule has 6 rings (SSSR count). The number of hydrogen-bond donors (Lipinski definition) is 9. The molecule has 0 bridgehead atoms. The van der Waals surface area contributed by atoms with Gasteiger partial charge in [-0.05, 0) is 102 Å². The number of fused-ring (bicyclic) bond motifs is 2. The van der Waals surface area contributed by atoms with Crippen LogP contribution in [0.4, 0.5) is 46.3 Å². The Morgan fingerprint density at radius 2 is 1.33 bits per heavy atom. The topological polar surface area (TPSA) is 378 Å². The first-order valence-electron chi connectivity index (χ1n) is 25.6. The van der Waals surface area contributed by atoms with Crippen LogP contribution in [0.25, 0.3) is 0 Å². The molecule has 10 N–H and O–H groups in total.